The van der Waals surface area contributed by atoms with Crippen LogP contribution in [0.4, 0.5) is 10.1 Å². The molecule has 0 aromatic heterocycles. The van der Waals surface area contributed by atoms with E-state index in [9.17, 15) is 9.18 Å². The number of halogens is 2. The van der Waals surface area contributed by atoms with Crippen molar-refractivity contribution in [1.29, 1.82) is 0 Å². The number of hydrogen-bond donors (Lipinski definition) is 3. The molecule has 7 heteroatoms. The fourth-order valence-corrected chi connectivity index (χ4v) is 3.16. The minimum atomic E-state index is -0.686. The number of rotatable bonds is 3. The van der Waals surface area contributed by atoms with Crippen LogP contribution in [0.25, 0.3) is 0 Å². The molecule has 1 heterocycles. The van der Waals surface area contributed by atoms with Crippen molar-refractivity contribution in [1.82, 2.24) is 10.6 Å². The molecule has 0 saturated heterocycles. The molecular weight excluding hydrogens is 361 g/mol. The van der Waals surface area contributed by atoms with Crippen molar-refractivity contribution in [3.05, 3.63) is 76.2 Å². The van der Waals surface area contributed by atoms with Crippen molar-refractivity contribution >= 4 is 40.5 Å². The lowest BCUT2D eigenvalue weighted by Gasteiger charge is -2.30. The maximum Gasteiger partial charge on any atom is 0.255 e. The molecule has 0 bridgehead atoms. The maximum absolute atomic E-state index is 14.3. The second-order valence-corrected chi connectivity index (χ2v) is 6.40. The van der Waals surface area contributed by atoms with Gasteiger partial charge in [0.25, 0.3) is 5.91 Å². The Morgan fingerprint density at radius 2 is 2.00 bits per heavy atom. The highest BCUT2D eigenvalue weighted by Gasteiger charge is 2.31. The standard InChI is InChI=1S/C18H15ClFN3OS/c1-10-15(17(24)22-12-6-4-5-11(19)9-12)16(23-18(25)21-10)13-7-2-3-8-14(13)20/h2-9,16H,1H3,(H,22,24)(H2,21,23,25)/t16-/m0/s1. The summed E-state index contributed by atoms with van der Waals surface area (Å²) in [5.74, 6) is -0.777. The summed E-state index contributed by atoms with van der Waals surface area (Å²) in [6, 6.07) is 12.4. The number of carbonyl (C=O) groups is 1. The summed E-state index contributed by atoms with van der Waals surface area (Å²) in [4.78, 5) is 12.8. The Kier molecular flexibility index (Phi) is 5.01. The number of anilines is 1. The van der Waals surface area contributed by atoms with E-state index in [-0.39, 0.29) is 5.91 Å². The van der Waals surface area contributed by atoms with E-state index in [4.69, 9.17) is 23.8 Å². The van der Waals surface area contributed by atoms with Gasteiger partial charge in [-0.2, -0.15) is 0 Å². The Labute approximate surface area is 155 Å². The quantitative estimate of drug-likeness (QED) is 0.712. The van der Waals surface area contributed by atoms with Gasteiger partial charge < -0.3 is 16.0 Å². The van der Waals surface area contributed by atoms with E-state index in [1.54, 1.807) is 49.4 Å². The second kappa shape index (κ2) is 7.21. The van der Waals surface area contributed by atoms with E-state index in [1.807, 2.05) is 0 Å². The molecule has 1 aliphatic heterocycles. The maximum atomic E-state index is 14.3. The lowest BCUT2D eigenvalue weighted by Crippen LogP contribution is -2.46. The van der Waals surface area contributed by atoms with Gasteiger partial charge in [0, 0.05) is 22.0 Å². The van der Waals surface area contributed by atoms with Crippen molar-refractivity contribution in [3.8, 4) is 0 Å². The third-order valence-corrected chi connectivity index (χ3v) is 4.27. The Morgan fingerprint density at radius 1 is 1.24 bits per heavy atom. The molecule has 0 spiro atoms. The summed E-state index contributed by atoms with van der Waals surface area (Å²) < 4.78 is 14.3. The molecule has 0 aliphatic carbocycles. The molecule has 2 aromatic rings. The number of allylic oxidation sites excluding steroid dienone is 1. The van der Waals surface area contributed by atoms with Crippen LogP contribution in [-0.2, 0) is 4.79 Å². The van der Waals surface area contributed by atoms with E-state index in [1.165, 1.54) is 6.07 Å². The molecule has 1 aliphatic rings. The molecule has 128 valence electrons. The lowest BCUT2D eigenvalue weighted by atomic mass is 9.94. The first kappa shape index (κ1) is 17.4. The van der Waals surface area contributed by atoms with E-state index < -0.39 is 11.9 Å². The molecule has 1 amide bonds. The number of amides is 1. The topological polar surface area (TPSA) is 53.2 Å². The van der Waals surface area contributed by atoms with Crippen LogP contribution < -0.4 is 16.0 Å². The Hall–Kier alpha value is -2.44. The number of thiocarbonyl (C=S) groups is 1. The van der Waals surface area contributed by atoms with Crippen molar-refractivity contribution < 1.29 is 9.18 Å². The first-order valence-corrected chi connectivity index (χ1v) is 8.34. The van der Waals surface area contributed by atoms with E-state index in [0.29, 0.717) is 32.7 Å². The summed E-state index contributed by atoms with van der Waals surface area (Å²) in [6.07, 6.45) is 0. The average Bonchev–Trinajstić information content (AvgIpc) is 2.54. The molecule has 25 heavy (non-hydrogen) atoms. The zero-order chi connectivity index (χ0) is 18.0. The molecule has 1 atom stereocenters. The van der Waals surface area contributed by atoms with Gasteiger partial charge >= 0.3 is 0 Å². The van der Waals surface area contributed by atoms with Gasteiger partial charge in [-0.15, -0.1) is 0 Å². The van der Waals surface area contributed by atoms with Gasteiger partial charge in [0.05, 0.1) is 11.6 Å². The lowest BCUT2D eigenvalue weighted by molar-refractivity contribution is -0.113. The normalized spacial score (nSPS) is 16.9. The number of carbonyl (C=O) groups excluding carboxylic acids is 1. The molecule has 2 aromatic carbocycles. The Bertz CT molecular complexity index is 884. The summed E-state index contributed by atoms with van der Waals surface area (Å²) >= 11 is 11.1. The number of nitrogens with one attached hydrogen (secondary N) is 3. The zero-order valence-electron chi connectivity index (χ0n) is 13.3. The van der Waals surface area contributed by atoms with Crippen molar-refractivity contribution in [2.24, 2.45) is 0 Å². The van der Waals surface area contributed by atoms with Crippen LogP contribution in [0.3, 0.4) is 0 Å². The molecule has 0 fully saturated rings. The van der Waals surface area contributed by atoms with Gasteiger partial charge in [-0.25, -0.2) is 4.39 Å². The predicted molar refractivity (Wildman–Crippen MR) is 101 cm³/mol. The third-order valence-electron chi connectivity index (χ3n) is 3.81. The second-order valence-electron chi connectivity index (χ2n) is 5.56. The highest BCUT2D eigenvalue weighted by Crippen LogP contribution is 2.29. The fraction of sp³-hybridized carbons (Fsp3) is 0.111. The Morgan fingerprint density at radius 3 is 2.72 bits per heavy atom. The van der Waals surface area contributed by atoms with Crippen molar-refractivity contribution in [3.63, 3.8) is 0 Å². The minimum Gasteiger partial charge on any atom is -0.351 e. The Balaban J connectivity index is 1.97. The first-order valence-electron chi connectivity index (χ1n) is 7.55. The molecule has 0 radical (unpaired) electrons. The third kappa shape index (κ3) is 3.81. The fourth-order valence-electron chi connectivity index (χ4n) is 2.70. The van der Waals surface area contributed by atoms with Gasteiger partial charge in [-0.1, -0.05) is 35.9 Å². The van der Waals surface area contributed by atoms with E-state index in [2.05, 4.69) is 16.0 Å². The summed E-state index contributed by atoms with van der Waals surface area (Å²) in [7, 11) is 0. The molecule has 0 saturated carbocycles. The van der Waals surface area contributed by atoms with Crippen molar-refractivity contribution in [2.75, 3.05) is 5.32 Å². The highest BCUT2D eigenvalue weighted by molar-refractivity contribution is 7.80. The monoisotopic (exact) mass is 375 g/mol. The number of benzene rings is 2. The average molecular weight is 376 g/mol. The van der Waals surface area contributed by atoms with Gasteiger partial charge in [0.15, 0.2) is 5.11 Å². The molecule has 3 rings (SSSR count). The van der Waals surface area contributed by atoms with Gasteiger partial charge in [-0.05, 0) is 43.4 Å². The van der Waals surface area contributed by atoms with Gasteiger partial charge in [0.1, 0.15) is 5.82 Å². The van der Waals surface area contributed by atoms with Crippen LogP contribution in [0.2, 0.25) is 5.02 Å². The van der Waals surface area contributed by atoms with Crippen LogP contribution in [0.15, 0.2) is 59.8 Å². The van der Waals surface area contributed by atoms with Crippen LogP contribution in [-0.4, -0.2) is 11.0 Å². The molecule has 4 nitrogen and oxygen atoms in total. The summed E-state index contributed by atoms with van der Waals surface area (Å²) in [6.45, 7) is 1.73. The molecular formula is C18H15ClFN3OS. The van der Waals surface area contributed by atoms with Crippen LogP contribution >= 0.6 is 23.8 Å². The van der Waals surface area contributed by atoms with Crippen LogP contribution in [0.5, 0.6) is 0 Å². The van der Waals surface area contributed by atoms with E-state index >= 15 is 0 Å². The highest BCUT2D eigenvalue weighted by atomic mass is 35.5. The zero-order valence-corrected chi connectivity index (χ0v) is 14.8. The summed E-state index contributed by atoms with van der Waals surface area (Å²) in [5, 5.41) is 9.52. The van der Waals surface area contributed by atoms with Gasteiger partial charge in [-0.3, -0.25) is 4.79 Å². The number of hydrogen-bond acceptors (Lipinski definition) is 2. The van der Waals surface area contributed by atoms with E-state index in [0.717, 1.165) is 0 Å². The molecule has 3 N–H and O–H groups in total. The predicted octanol–water partition coefficient (Wildman–Crippen LogP) is 3.91. The van der Waals surface area contributed by atoms with Crippen LogP contribution in [0, 0.1) is 5.82 Å². The van der Waals surface area contributed by atoms with Crippen molar-refractivity contribution in [2.45, 2.75) is 13.0 Å². The van der Waals surface area contributed by atoms with Gasteiger partial charge in [0.2, 0.25) is 0 Å². The molecule has 0 unspecified atom stereocenters. The smallest absolute Gasteiger partial charge is 0.255 e. The largest absolute Gasteiger partial charge is 0.351 e. The summed E-state index contributed by atoms with van der Waals surface area (Å²) in [5.41, 5.74) is 1.83. The van der Waals surface area contributed by atoms with Crippen LogP contribution in [0.1, 0.15) is 18.5 Å². The SMILES string of the molecule is CC1=C(C(=O)Nc2cccc(Cl)c2)[C@H](c2ccccc2F)NC(=S)N1. The first-order chi connectivity index (χ1) is 12.0. The minimum absolute atomic E-state index is 0.338.